The first-order chi connectivity index (χ1) is 16.2. The van der Waals surface area contributed by atoms with E-state index in [1.807, 2.05) is 24.3 Å². The van der Waals surface area contributed by atoms with Gasteiger partial charge in [0.25, 0.3) is 0 Å². The molecule has 5 nitrogen and oxygen atoms in total. The van der Waals surface area contributed by atoms with Crippen molar-refractivity contribution in [3.8, 4) is 23.0 Å². The summed E-state index contributed by atoms with van der Waals surface area (Å²) in [6.07, 6.45) is 6.11. The van der Waals surface area contributed by atoms with Crippen LogP contribution in [0, 0.1) is 0 Å². The molecule has 2 heterocycles. The van der Waals surface area contributed by atoms with Crippen molar-refractivity contribution in [2.24, 2.45) is 0 Å². The Morgan fingerprint density at radius 3 is 2.52 bits per heavy atom. The van der Waals surface area contributed by atoms with Gasteiger partial charge in [-0.1, -0.05) is 48.6 Å². The van der Waals surface area contributed by atoms with Crippen LogP contribution in [-0.2, 0) is 12.8 Å². The lowest BCUT2D eigenvalue weighted by Gasteiger charge is -2.35. The number of benzene rings is 3. The molecular formula is C28H29NO4. The Bertz CT molecular complexity index is 1170. The molecule has 0 saturated carbocycles. The molecule has 170 valence electrons. The molecular weight excluding hydrogens is 414 g/mol. The molecule has 33 heavy (non-hydrogen) atoms. The zero-order valence-corrected chi connectivity index (χ0v) is 19.3. The van der Waals surface area contributed by atoms with Crippen LogP contribution in [0.25, 0.3) is 12.2 Å². The lowest BCUT2D eigenvalue weighted by atomic mass is 9.87. The summed E-state index contributed by atoms with van der Waals surface area (Å²) in [6.45, 7) is 1.29. The van der Waals surface area contributed by atoms with Gasteiger partial charge in [-0.05, 0) is 60.3 Å². The van der Waals surface area contributed by atoms with E-state index in [-0.39, 0.29) is 6.04 Å². The van der Waals surface area contributed by atoms with Crippen molar-refractivity contribution in [3.05, 3.63) is 82.4 Å². The minimum absolute atomic E-state index is 0.227. The predicted molar refractivity (Wildman–Crippen MR) is 130 cm³/mol. The molecule has 0 bridgehead atoms. The number of hydrogen-bond acceptors (Lipinski definition) is 5. The molecule has 2 aliphatic heterocycles. The first-order valence-electron chi connectivity index (χ1n) is 11.3. The van der Waals surface area contributed by atoms with Crippen molar-refractivity contribution in [2.45, 2.75) is 18.9 Å². The second kappa shape index (κ2) is 9.20. The summed E-state index contributed by atoms with van der Waals surface area (Å²) in [4.78, 5) is 2.42. The summed E-state index contributed by atoms with van der Waals surface area (Å²) < 4.78 is 22.7. The maximum atomic E-state index is 5.82. The Hall–Kier alpha value is -3.44. The van der Waals surface area contributed by atoms with E-state index < -0.39 is 0 Å². The van der Waals surface area contributed by atoms with Crippen molar-refractivity contribution in [1.29, 1.82) is 0 Å². The lowest BCUT2D eigenvalue weighted by Crippen LogP contribution is -2.33. The second-order valence-electron chi connectivity index (χ2n) is 8.47. The van der Waals surface area contributed by atoms with Crippen LogP contribution in [0.1, 0.15) is 33.9 Å². The molecule has 5 rings (SSSR count). The molecule has 0 fully saturated rings. The number of nitrogens with zero attached hydrogens (tertiary/aromatic N) is 1. The normalized spacial score (nSPS) is 17.2. The van der Waals surface area contributed by atoms with Gasteiger partial charge in [-0.3, -0.25) is 4.90 Å². The fourth-order valence-electron chi connectivity index (χ4n) is 4.79. The van der Waals surface area contributed by atoms with Crippen LogP contribution in [0.3, 0.4) is 0 Å². The van der Waals surface area contributed by atoms with Gasteiger partial charge in [0.15, 0.2) is 23.0 Å². The van der Waals surface area contributed by atoms with Crippen molar-refractivity contribution >= 4 is 12.2 Å². The smallest absolute Gasteiger partial charge is 0.231 e. The second-order valence-corrected chi connectivity index (χ2v) is 8.47. The molecule has 0 N–H and O–H groups in total. The van der Waals surface area contributed by atoms with E-state index in [0.717, 1.165) is 53.5 Å². The van der Waals surface area contributed by atoms with Gasteiger partial charge < -0.3 is 18.9 Å². The van der Waals surface area contributed by atoms with Gasteiger partial charge >= 0.3 is 0 Å². The Balaban J connectivity index is 1.55. The molecule has 1 unspecified atom stereocenters. The fraction of sp³-hybridized carbons (Fsp3) is 0.286. The van der Waals surface area contributed by atoms with Gasteiger partial charge in [0.05, 0.1) is 14.2 Å². The summed E-state index contributed by atoms with van der Waals surface area (Å²) in [7, 11) is 5.57. The summed E-state index contributed by atoms with van der Waals surface area (Å²) in [5.41, 5.74) is 6.04. The highest BCUT2D eigenvalue weighted by Gasteiger charge is 2.29. The number of rotatable bonds is 6. The molecule has 0 radical (unpaired) electrons. The van der Waals surface area contributed by atoms with Crippen LogP contribution in [-0.4, -0.2) is 39.5 Å². The van der Waals surface area contributed by atoms with E-state index in [2.05, 4.69) is 54.4 Å². The standard InChI is InChI=1S/C28H29NO4/c1-29-14-13-21-16-26-27(33-18-32-26)17-23(21)24(29)15-20-10-12-25(30-2)28(31-3)22(20)11-9-19-7-5-4-6-8-19/h4-12,16-17,24H,13-15,18H2,1-3H3/b11-9+. The van der Waals surface area contributed by atoms with Gasteiger partial charge in [-0.25, -0.2) is 0 Å². The molecule has 3 aromatic rings. The quantitative estimate of drug-likeness (QED) is 0.479. The topological polar surface area (TPSA) is 40.2 Å². The lowest BCUT2D eigenvalue weighted by molar-refractivity contribution is 0.174. The molecule has 1 atom stereocenters. The highest BCUT2D eigenvalue weighted by Crippen LogP contribution is 2.43. The largest absolute Gasteiger partial charge is 0.493 e. The van der Waals surface area contributed by atoms with Crippen molar-refractivity contribution in [2.75, 3.05) is 34.6 Å². The van der Waals surface area contributed by atoms with Crippen molar-refractivity contribution in [3.63, 3.8) is 0 Å². The van der Waals surface area contributed by atoms with Crippen molar-refractivity contribution < 1.29 is 18.9 Å². The van der Waals surface area contributed by atoms with E-state index in [1.54, 1.807) is 14.2 Å². The average Bonchev–Trinajstić information content (AvgIpc) is 3.31. The Labute approximate surface area is 195 Å². The first-order valence-corrected chi connectivity index (χ1v) is 11.3. The monoisotopic (exact) mass is 443 g/mol. The average molecular weight is 444 g/mol. The number of likely N-dealkylation sites (N-methyl/N-ethyl adjacent to an activating group) is 1. The third kappa shape index (κ3) is 4.16. The zero-order valence-electron chi connectivity index (χ0n) is 19.3. The highest BCUT2D eigenvalue weighted by atomic mass is 16.7. The van der Waals surface area contributed by atoms with Crippen LogP contribution in [0.4, 0.5) is 0 Å². The third-order valence-corrected chi connectivity index (χ3v) is 6.59. The van der Waals surface area contributed by atoms with Crippen LogP contribution < -0.4 is 18.9 Å². The number of methoxy groups -OCH3 is 2. The summed E-state index contributed by atoms with van der Waals surface area (Å²) in [5, 5.41) is 0. The van der Waals surface area contributed by atoms with Crippen LogP contribution in [0.5, 0.6) is 23.0 Å². The van der Waals surface area contributed by atoms with E-state index in [0.29, 0.717) is 6.79 Å². The predicted octanol–water partition coefficient (Wildman–Crippen LogP) is 5.37. The minimum Gasteiger partial charge on any atom is -0.493 e. The highest BCUT2D eigenvalue weighted by molar-refractivity contribution is 5.76. The maximum Gasteiger partial charge on any atom is 0.231 e. The Morgan fingerprint density at radius 2 is 1.76 bits per heavy atom. The zero-order chi connectivity index (χ0) is 22.8. The van der Waals surface area contributed by atoms with E-state index in [1.165, 1.54) is 16.7 Å². The number of hydrogen-bond donors (Lipinski definition) is 0. The van der Waals surface area contributed by atoms with E-state index in [9.17, 15) is 0 Å². The molecule has 5 heteroatoms. The third-order valence-electron chi connectivity index (χ3n) is 6.59. The SMILES string of the molecule is COc1ccc(CC2c3cc4c(cc3CCN2C)OCO4)c(/C=C/c2ccccc2)c1OC. The number of fused-ring (bicyclic) bond motifs is 2. The minimum atomic E-state index is 0.227. The molecule has 0 amide bonds. The van der Waals surface area contributed by atoms with Gasteiger partial charge in [0.1, 0.15) is 0 Å². The fourth-order valence-corrected chi connectivity index (χ4v) is 4.79. The maximum absolute atomic E-state index is 5.82. The Kier molecular flexibility index (Phi) is 5.97. The Morgan fingerprint density at radius 1 is 0.970 bits per heavy atom. The van der Waals surface area contributed by atoms with Gasteiger partial charge in [0.2, 0.25) is 6.79 Å². The summed E-state index contributed by atoms with van der Waals surface area (Å²) in [5.74, 6) is 3.18. The van der Waals surface area contributed by atoms with Crippen LogP contribution in [0.15, 0.2) is 54.6 Å². The summed E-state index contributed by atoms with van der Waals surface area (Å²) >= 11 is 0. The van der Waals surface area contributed by atoms with Gasteiger partial charge in [-0.2, -0.15) is 0 Å². The van der Waals surface area contributed by atoms with Crippen LogP contribution >= 0.6 is 0 Å². The summed E-state index contributed by atoms with van der Waals surface area (Å²) in [6, 6.07) is 19.0. The first kappa shape index (κ1) is 21.4. The molecule has 0 aromatic heterocycles. The van der Waals surface area contributed by atoms with Gasteiger partial charge in [-0.15, -0.1) is 0 Å². The molecule has 2 aliphatic rings. The molecule has 0 aliphatic carbocycles. The van der Waals surface area contributed by atoms with E-state index >= 15 is 0 Å². The van der Waals surface area contributed by atoms with Gasteiger partial charge in [0, 0.05) is 18.2 Å². The molecule has 0 spiro atoms. The van der Waals surface area contributed by atoms with Crippen molar-refractivity contribution in [1.82, 2.24) is 4.90 Å². The van der Waals surface area contributed by atoms with E-state index in [4.69, 9.17) is 18.9 Å². The van der Waals surface area contributed by atoms with Crippen LogP contribution in [0.2, 0.25) is 0 Å². The molecule has 0 saturated heterocycles. The molecule has 3 aromatic carbocycles. The number of ether oxygens (including phenoxy) is 4.